The molecule has 2 N–H and O–H groups in total. The van der Waals surface area contributed by atoms with Gasteiger partial charge in [-0.25, -0.2) is 5.43 Å². The minimum atomic E-state index is -0.129. The molecule has 0 aromatic heterocycles. The Morgan fingerprint density at radius 3 is 2.50 bits per heavy atom. The summed E-state index contributed by atoms with van der Waals surface area (Å²) in [5.41, 5.74) is 6.02. The van der Waals surface area contributed by atoms with Gasteiger partial charge in [0.05, 0.1) is 5.71 Å². The van der Waals surface area contributed by atoms with E-state index in [0.29, 0.717) is 23.6 Å². The van der Waals surface area contributed by atoms with Crippen LogP contribution in [0.5, 0.6) is 0 Å². The third kappa shape index (κ3) is 6.72. The number of nitrogens with one attached hydrogen (secondary N) is 2. The molecule has 2 rings (SSSR count). The van der Waals surface area contributed by atoms with Gasteiger partial charge in [-0.1, -0.05) is 29.8 Å². The van der Waals surface area contributed by atoms with E-state index in [-0.39, 0.29) is 11.8 Å². The van der Waals surface area contributed by atoms with E-state index >= 15 is 0 Å². The van der Waals surface area contributed by atoms with Crippen molar-refractivity contribution in [1.29, 1.82) is 0 Å². The van der Waals surface area contributed by atoms with Crippen molar-refractivity contribution in [3.05, 3.63) is 59.7 Å². The SMILES string of the molecule is CC(=O)Nc1cccc(/C(C)=N\NC(=O)CCSc2ccc(C)cc2)c1. The first-order chi connectivity index (χ1) is 12.4. The minimum Gasteiger partial charge on any atom is -0.326 e. The first-order valence-electron chi connectivity index (χ1n) is 8.34. The third-order valence-electron chi connectivity index (χ3n) is 3.57. The highest BCUT2D eigenvalue weighted by Gasteiger charge is 2.04. The summed E-state index contributed by atoms with van der Waals surface area (Å²) in [6.07, 6.45) is 0.390. The lowest BCUT2D eigenvalue weighted by Gasteiger charge is -2.06. The molecule has 2 amide bonds. The van der Waals surface area contributed by atoms with Gasteiger partial charge in [0.25, 0.3) is 0 Å². The largest absolute Gasteiger partial charge is 0.326 e. The zero-order valence-corrected chi connectivity index (χ0v) is 16.0. The molecule has 5 nitrogen and oxygen atoms in total. The molecule has 0 bridgehead atoms. The van der Waals surface area contributed by atoms with Crippen molar-refractivity contribution >= 4 is 35.0 Å². The van der Waals surface area contributed by atoms with Crippen molar-refractivity contribution in [1.82, 2.24) is 5.43 Å². The van der Waals surface area contributed by atoms with Crippen LogP contribution in [0.15, 0.2) is 58.5 Å². The Kier molecular flexibility index (Phi) is 7.41. The predicted octanol–water partition coefficient (Wildman–Crippen LogP) is 3.98. The van der Waals surface area contributed by atoms with E-state index < -0.39 is 0 Å². The van der Waals surface area contributed by atoms with Crippen LogP contribution in [0.1, 0.15) is 31.4 Å². The van der Waals surface area contributed by atoms with Crippen molar-refractivity contribution in [2.75, 3.05) is 11.1 Å². The van der Waals surface area contributed by atoms with Crippen molar-refractivity contribution in [2.24, 2.45) is 5.10 Å². The highest BCUT2D eigenvalue weighted by molar-refractivity contribution is 7.99. The fourth-order valence-corrected chi connectivity index (χ4v) is 3.04. The zero-order chi connectivity index (χ0) is 18.9. The number of nitrogens with zero attached hydrogens (tertiary/aromatic N) is 1. The van der Waals surface area contributed by atoms with Crippen LogP contribution in [0.2, 0.25) is 0 Å². The lowest BCUT2D eigenvalue weighted by Crippen LogP contribution is -2.19. The second kappa shape index (κ2) is 9.77. The summed E-state index contributed by atoms with van der Waals surface area (Å²) >= 11 is 1.65. The lowest BCUT2D eigenvalue weighted by molar-refractivity contribution is -0.120. The number of rotatable bonds is 7. The molecule has 26 heavy (non-hydrogen) atoms. The minimum absolute atomic E-state index is 0.123. The maximum Gasteiger partial charge on any atom is 0.240 e. The lowest BCUT2D eigenvalue weighted by atomic mass is 10.1. The number of carbonyl (C=O) groups excluding carboxylic acids is 2. The number of carbonyl (C=O) groups is 2. The second-order valence-electron chi connectivity index (χ2n) is 5.91. The van der Waals surface area contributed by atoms with Gasteiger partial charge < -0.3 is 5.32 Å². The Morgan fingerprint density at radius 1 is 1.08 bits per heavy atom. The summed E-state index contributed by atoms with van der Waals surface area (Å²) in [6.45, 7) is 5.32. The van der Waals surface area contributed by atoms with E-state index in [2.05, 4.69) is 40.1 Å². The quantitative estimate of drug-likeness (QED) is 0.441. The summed E-state index contributed by atoms with van der Waals surface area (Å²) in [4.78, 5) is 24.2. The summed E-state index contributed by atoms with van der Waals surface area (Å²) in [6, 6.07) is 15.6. The highest BCUT2D eigenvalue weighted by Crippen LogP contribution is 2.19. The molecule has 0 radical (unpaired) electrons. The fourth-order valence-electron chi connectivity index (χ4n) is 2.19. The topological polar surface area (TPSA) is 70.6 Å². The van der Waals surface area contributed by atoms with Crippen LogP contribution in [-0.4, -0.2) is 23.3 Å². The van der Waals surface area contributed by atoms with Crippen molar-refractivity contribution < 1.29 is 9.59 Å². The Bertz CT molecular complexity index is 801. The maximum atomic E-state index is 11.9. The Hall–Kier alpha value is -2.60. The maximum absolute atomic E-state index is 11.9. The average Bonchev–Trinajstić information content (AvgIpc) is 2.61. The van der Waals surface area contributed by atoms with Crippen LogP contribution in [0.25, 0.3) is 0 Å². The first kappa shape index (κ1) is 19.7. The van der Waals surface area contributed by atoms with Crippen LogP contribution in [-0.2, 0) is 9.59 Å². The van der Waals surface area contributed by atoms with Gasteiger partial charge in [0.1, 0.15) is 0 Å². The van der Waals surface area contributed by atoms with Crippen LogP contribution in [0.3, 0.4) is 0 Å². The molecule has 0 spiro atoms. The van der Waals surface area contributed by atoms with Crippen LogP contribution >= 0.6 is 11.8 Å². The third-order valence-corrected chi connectivity index (χ3v) is 4.58. The van der Waals surface area contributed by atoms with Crippen LogP contribution < -0.4 is 10.7 Å². The fraction of sp³-hybridized carbons (Fsp3) is 0.250. The van der Waals surface area contributed by atoms with Crippen LogP contribution in [0.4, 0.5) is 5.69 Å². The summed E-state index contributed by atoms with van der Waals surface area (Å²) in [5.74, 6) is 0.444. The number of thioether (sulfide) groups is 1. The van der Waals surface area contributed by atoms with Gasteiger partial charge in [-0.2, -0.15) is 5.10 Å². The average molecular weight is 369 g/mol. The molecule has 2 aromatic carbocycles. The molecule has 0 saturated carbocycles. The molecular formula is C20H23N3O2S. The summed E-state index contributed by atoms with van der Waals surface area (Å²) in [5, 5.41) is 6.87. The van der Waals surface area contributed by atoms with Gasteiger partial charge in [-0.05, 0) is 43.7 Å². The number of hydrogen-bond donors (Lipinski definition) is 2. The van der Waals surface area contributed by atoms with E-state index in [1.54, 1.807) is 17.8 Å². The Morgan fingerprint density at radius 2 is 1.81 bits per heavy atom. The van der Waals surface area contributed by atoms with E-state index in [0.717, 1.165) is 10.5 Å². The standard InChI is InChI=1S/C20H23N3O2S/c1-14-7-9-19(10-8-14)26-12-11-20(25)23-22-15(2)17-5-4-6-18(13-17)21-16(3)24/h4-10,13H,11-12H2,1-3H3,(H,21,24)(H,23,25)/b22-15-. The van der Waals surface area contributed by atoms with E-state index in [4.69, 9.17) is 0 Å². The second-order valence-corrected chi connectivity index (χ2v) is 7.07. The molecule has 6 heteroatoms. The monoisotopic (exact) mass is 369 g/mol. The van der Waals surface area contributed by atoms with Gasteiger partial charge in [0, 0.05) is 29.7 Å². The number of benzene rings is 2. The molecular weight excluding hydrogens is 346 g/mol. The van der Waals surface area contributed by atoms with Crippen LogP contribution in [0, 0.1) is 6.92 Å². The zero-order valence-electron chi connectivity index (χ0n) is 15.2. The molecule has 136 valence electrons. The Balaban J connectivity index is 1.83. The molecule has 2 aromatic rings. The van der Waals surface area contributed by atoms with Gasteiger partial charge in [-0.15, -0.1) is 11.8 Å². The molecule has 0 aliphatic heterocycles. The van der Waals surface area contributed by atoms with Crippen molar-refractivity contribution in [3.63, 3.8) is 0 Å². The van der Waals surface area contributed by atoms with E-state index in [1.165, 1.54) is 12.5 Å². The highest BCUT2D eigenvalue weighted by atomic mass is 32.2. The first-order valence-corrected chi connectivity index (χ1v) is 9.33. The predicted molar refractivity (Wildman–Crippen MR) is 108 cm³/mol. The normalized spacial score (nSPS) is 11.1. The van der Waals surface area contributed by atoms with E-state index in [1.807, 2.05) is 32.0 Å². The molecule has 0 aliphatic rings. The number of hydrogen-bond acceptors (Lipinski definition) is 4. The molecule has 0 saturated heterocycles. The molecule has 0 fully saturated rings. The van der Waals surface area contributed by atoms with Gasteiger partial charge >= 0.3 is 0 Å². The number of anilines is 1. The molecule has 0 unspecified atom stereocenters. The number of aryl methyl sites for hydroxylation is 1. The van der Waals surface area contributed by atoms with Crippen molar-refractivity contribution in [2.45, 2.75) is 32.1 Å². The van der Waals surface area contributed by atoms with Crippen molar-refractivity contribution in [3.8, 4) is 0 Å². The summed E-state index contributed by atoms with van der Waals surface area (Å²) < 4.78 is 0. The smallest absolute Gasteiger partial charge is 0.240 e. The van der Waals surface area contributed by atoms with Gasteiger partial charge in [-0.3, -0.25) is 9.59 Å². The number of amides is 2. The molecule has 0 atom stereocenters. The Labute approximate surface area is 158 Å². The van der Waals surface area contributed by atoms with E-state index in [9.17, 15) is 9.59 Å². The molecule has 0 heterocycles. The number of hydrazone groups is 1. The van der Waals surface area contributed by atoms with Gasteiger partial charge in [0.2, 0.25) is 11.8 Å². The van der Waals surface area contributed by atoms with Gasteiger partial charge in [0.15, 0.2) is 0 Å². The summed E-state index contributed by atoms with van der Waals surface area (Å²) in [7, 11) is 0. The molecule has 0 aliphatic carbocycles.